The number of pyridine rings is 1. The van der Waals surface area contributed by atoms with Gasteiger partial charge in [-0.1, -0.05) is 29.4 Å². The van der Waals surface area contributed by atoms with Gasteiger partial charge in [-0.2, -0.15) is 10.5 Å². The topological polar surface area (TPSA) is 111 Å². The molecule has 0 aliphatic rings. The summed E-state index contributed by atoms with van der Waals surface area (Å²) in [6, 6.07) is 13.3. The van der Waals surface area contributed by atoms with E-state index in [1.165, 1.54) is 16.7 Å². The monoisotopic (exact) mass is 465 g/mol. The lowest BCUT2D eigenvalue weighted by Gasteiger charge is -2.20. The van der Waals surface area contributed by atoms with Crippen LogP contribution >= 0.6 is 23.4 Å². The SMILES string of the molecule is Cc1c(Cl)cccc1-n1c(SCC(=O)N(CCC#N)CCC#N)nnc1-c1ccncc1. The summed E-state index contributed by atoms with van der Waals surface area (Å²) in [5, 5.41) is 27.6. The van der Waals surface area contributed by atoms with E-state index in [1.54, 1.807) is 12.4 Å². The zero-order valence-corrected chi connectivity index (χ0v) is 19.0. The largest absolute Gasteiger partial charge is 0.340 e. The first-order valence-electron chi connectivity index (χ1n) is 9.82. The molecule has 0 bridgehead atoms. The zero-order valence-electron chi connectivity index (χ0n) is 17.4. The predicted octanol–water partition coefficient (Wildman–Crippen LogP) is 4.04. The number of amides is 1. The van der Waals surface area contributed by atoms with Crippen molar-refractivity contribution in [3.8, 4) is 29.2 Å². The number of benzene rings is 1. The lowest BCUT2D eigenvalue weighted by molar-refractivity contribution is -0.128. The molecule has 0 aliphatic carbocycles. The minimum Gasteiger partial charge on any atom is -0.340 e. The highest BCUT2D eigenvalue weighted by Gasteiger charge is 2.21. The minimum atomic E-state index is -0.164. The van der Waals surface area contributed by atoms with Crippen LogP contribution in [0.25, 0.3) is 17.1 Å². The number of rotatable bonds is 9. The molecule has 3 rings (SSSR count). The van der Waals surface area contributed by atoms with E-state index in [-0.39, 0.29) is 24.5 Å². The van der Waals surface area contributed by atoms with Gasteiger partial charge < -0.3 is 4.90 Å². The number of carbonyl (C=O) groups excluding carboxylic acids is 1. The van der Waals surface area contributed by atoms with Crippen LogP contribution < -0.4 is 0 Å². The van der Waals surface area contributed by atoms with Gasteiger partial charge in [0.05, 0.1) is 36.4 Å². The fourth-order valence-corrected chi connectivity index (χ4v) is 4.07. The van der Waals surface area contributed by atoms with Gasteiger partial charge >= 0.3 is 0 Å². The molecular weight excluding hydrogens is 446 g/mol. The van der Waals surface area contributed by atoms with Gasteiger partial charge in [0.15, 0.2) is 11.0 Å². The number of carbonyl (C=O) groups is 1. The molecule has 2 heterocycles. The first-order valence-corrected chi connectivity index (χ1v) is 11.2. The molecule has 3 aromatic rings. The van der Waals surface area contributed by atoms with Crippen molar-refractivity contribution >= 4 is 29.3 Å². The minimum absolute atomic E-state index is 0.102. The second-order valence-electron chi connectivity index (χ2n) is 6.75. The van der Waals surface area contributed by atoms with Crippen molar-refractivity contribution in [1.29, 1.82) is 10.5 Å². The van der Waals surface area contributed by atoms with Crippen LogP contribution in [0.4, 0.5) is 0 Å². The predicted molar refractivity (Wildman–Crippen MR) is 122 cm³/mol. The molecule has 1 aromatic carbocycles. The Labute approximate surface area is 195 Å². The second-order valence-corrected chi connectivity index (χ2v) is 8.10. The van der Waals surface area contributed by atoms with Gasteiger partial charge in [0, 0.05) is 36.1 Å². The number of hydrogen-bond acceptors (Lipinski definition) is 7. The first kappa shape index (κ1) is 23.3. The molecule has 0 unspecified atom stereocenters. The fourth-order valence-electron chi connectivity index (χ4n) is 3.06. The van der Waals surface area contributed by atoms with Crippen molar-refractivity contribution in [1.82, 2.24) is 24.6 Å². The average molecular weight is 466 g/mol. The Balaban J connectivity index is 1.93. The summed E-state index contributed by atoms with van der Waals surface area (Å²) in [4.78, 5) is 18.4. The number of hydrogen-bond donors (Lipinski definition) is 0. The third-order valence-electron chi connectivity index (χ3n) is 4.72. The normalized spacial score (nSPS) is 10.4. The van der Waals surface area contributed by atoms with Gasteiger partial charge in [-0.3, -0.25) is 14.3 Å². The summed E-state index contributed by atoms with van der Waals surface area (Å²) < 4.78 is 1.88. The third kappa shape index (κ3) is 5.44. The summed E-state index contributed by atoms with van der Waals surface area (Å²) in [5.41, 5.74) is 2.51. The number of halogens is 1. The van der Waals surface area contributed by atoms with Crippen molar-refractivity contribution in [2.75, 3.05) is 18.8 Å². The van der Waals surface area contributed by atoms with Gasteiger partial charge in [0.1, 0.15) is 0 Å². The maximum atomic E-state index is 12.8. The molecule has 0 N–H and O–H groups in total. The van der Waals surface area contributed by atoms with Gasteiger partial charge in [0.25, 0.3) is 0 Å². The van der Waals surface area contributed by atoms with Gasteiger partial charge in [-0.05, 0) is 36.8 Å². The quantitative estimate of drug-likeness (QED) is 0.438. The Morgan fingerprint density at radius 1 is 1.12 bits per heavy atom. The first-order chi connectivity index (χ1) is 15.6. The van der Waals surface area contributed by atoms with Crippen molar-refractivity contribution in [3.05, 3.63) is 53.3 Å². The summed E-state index contributed by atoms with van der Waals surface area (Å²) in [6.07, 6.45) is 3.79. The molecular formula is C22H20ClN7OS. The number of nitrogens with zero attached hydrogens (tertiary/aromatic N) is 7. The molecule has 32 heavy (non-hydrogen) atoms. The van der Waals surface area contributed by atoms with Crippen LogP contribution in [0, 0.1) is 29.6 Å². The highest BCUT2D eigenvalue weighted by molar-refractivity contribution is 7.99. The van der Waals surface area contributed by atoms with E-state index in [0.717, 1.165) is 16.8 Å². The second kappa shape index (κ2) is 11.3. The third-order valence-corrected chi connectivity index (χ3v) is 6.04. The molecule has 0 saturated carbocycles. The van der Waals surface area contributed by atoms with Crippen molar-refractivity contribution in [2.45, 2.75) is 24.9 Å². The summed E-state index contributed by atoms with van der Waals surface area (Å²) in [6.45, 7) is 2.50. The van der Waals surface area contributed by atoms with Crippen LogP contribution in [-0.4, -0.2) is 49.4 Å². The van der Waals surface area contributed by atoms with Crippen LogP contribution in [0.5, 0.6) is 0 Å². The Kier molecular flexibility index (Phi) is 8.20. The number of aromatic nitrogens is 4. The molecule has 10 heteroatoms. The summed E-state index contributed by atoms with van der Waals surface area (Å²) in [7, 11) is 0. The molecule has 2 aromatic heterocycles. The Morgan fingerprint density at radius 2 is 1.81 bits per heavy atom. The molecule has 0 aliphatic heterocycles. The molecule has 8 nitrogen and oxygen atoms in total. The lowest BCUT2D eigenvalue weighted by Crippen LogP contribution is -2.34. The van der Waals surface area contributed by atoms with Crippen LogP contribution in [0.15, 0.2) is 47.9 Å². The van der Waals surface area contributed by atoms with Crippen LogP contribution in [0.1, 0.15) is 18.4 Å². The molecule has 0 saturated heterocycles. The van der Waals surface area contributed by atoms with E-state index in [1.807, 2.05) is 54.0 Å². The Bertz CT molecular complexity index is 1150. The maximum absolute atomic E-state index is 12.8. The average Bonchev–Trinajstić information content (AvgIpc) is 3.23. The van der Waals surface area contributed by atoms with E-state index in [2.05, 4.69) is 15.2 Å². The Morgan fingerprint density at radius 3 is 2.47 bits per heavy atom. The zero-order chi connectivity index (χ0) is 22.9. The summed E-state index contributed by atoms with van der Waals surface area (Å²) >= 11 is 7.61. The highest BCUT2D eigenvalue weighted by Crippen LogP contribution is 2.31. The standard InChI is InChI=1S/C22H20ClN7OS/c1-16-18(23)5-2-6-19(16)30-21(17-7-11-26-12-8-17)27-28-22(30)32-15-20(31)29(13-3-9-24)14-4-10-25/h2,5-8,11-12H,3-4,13-15H2,1H3. The summed E-state index contributed by atoms with van der Waals surface area (Å²) in [5.74, 6) is 0.548. The van der Waals surface area contributed by atoms with Gasteiger partial charge in [-0.25, -0.2) is 0 Å². The van der Waals surface area contributed by atoms with Gasteiger partial charge in [-0.15, -0.1) is 10.2 Å². The smallest absolute Gasteiger partial charge is 0.233 e. The Hall–Kier alpha value is -3.40. The molecule has 0 radical (unpaired) electrons. The van der Waals surface area contributed by atoms with E-state index >= 15 is 0 Å². The number of thioether (sulfide) groups is 1. The highest BCUT2D eigenvalue weighted by atomic mass is 35.5. The van der Waals surface area contributed by atoms with Crippen LogP contribution in [0.3, 0.4) is 0 Å². The fraction of sp³-hybridized carbons (Fsp3) is 0.273. The van der Waals surface area contributed by atoms with E-state index in [4.69, 9.17) is 22.1 Å². The molecule has 0 fully saturated rings. The van der Waals surface area contributed by atoms with E-state index in [0.29, 0.717) is 29.1 Å². The van der Waals surface area contributed by atoms with E-state index < -0.39 is 0 Å². The van der Waals surface area contributed by atoms with Crippen LogP contribution in [0.2, 0.25) is 5.02 Å². The number of nitriles is 2. The van der Waals surface area contributed by atoms with Crippen molar-refractivity contribution in [3.63, 3.8) is 0 Å². The molecule has 162 valence electrons. The maximum Gasteiger partial charge on any atom is 0.233 e. The van der Waals surface area contributed by atoms with Crippen molar-refractivity contribution < 1.29 is 4.79 Å². The van der Waals surface area contributed by atoms with Gasteiger partial charge in [0.2, 0.25) is 5.91 Å². The van der Waals surface area contributed by atoms with E-state index in [9.17, 15) is 4.79 Å². The molecule has 1 amide bonds. The van der Waals surface area contributed by atoms with Crippen LogP contribution in [-0.2, 0) is 4.79 Å². The molecule has 0 atom stereocenters. The van der Waals surface area contributed by atoms with Crippen molar-refractivity contribution in [2.24, 2.45) is 0 Å². The lowest BCUT2D eigenvalue weighted by atomic mass is 10.2. The molecule has 0 spiro atoms.